The molecule has 0 bridgehead atoms. The summed E-state index contributed by atoms with van der Waals surface area (Å²) in [6, 6.07) is 18.1. The quantitative estimate of drug-likeness (QED) is 0.350. The van der Waals surface area contributed by atoms with Gasteiger partial charge in [0.25, 0.3) is 0 Å². The molecule has 0 spiro atoms. The van der Waals surface area contributed by atoms with Gasteiger partial charge in [-0.15, -0.1) is 0 Å². The van der Waals surface area contributed by atoms with E-state index in [-0.39, 0.29) is 10.4 Å². The number of rotatable bonds is 4. The van der Waals surface area contributed by atoms with E-state index in [0.29, 0.717) is 22.9 Å². The van der Waals surface area contributed by atoms with Gasteiger partial charge in [0.1, 0.15) is 0 Å². The molecule has 0 radical (unpaired) electrons. The van der Waals surface area contributed by atoms with Crippen molar-refractivity contribution in [1.82, 2.24) is 4.98 Å². The molecule has 0 saturated carbocycles. The Morgan fingerprint density at radius 3 is 2.16 bits per heavy atom. The van der Waals surface area contributed by atoms with Gasteiger partial charge in [-0.1, -0.05) is 49.4 Å². The molecular formula is C25H20F3NO2S. The van der Waals surface area contributed by atoms with E-state index in [0.717, 1.165) is 29.0 Å². The van der Waals surface area contributed by atoms with E-state index in [1.807, 2.05) is 31.2 Å². The van der Waals surface area contributed by atoms with Gasteiger partial charge in [-0.05, 0) is 58.5 Å². The molecule has 4 rings (SSSR count). The summed E-state index contributed by atoms with van der Waals surface area (Å²) in [5.74, 6) is 0. The first-order valence-corrected chi connectivity index (χ1v) is 11.9. The zero-order valence-electron chi connectivity index (χ0n) is 17.4. The normalized spacial score (nSPS) is 12.3. The highest BCUT2D eigenvalue weighted by Crippen LogP contribution is 2.39. The van der Waals surface area contributed by atoms with Gasteiger partial charge in [0.15, 0.2) is 9.84 Å². The maximum atomic E-state index is 13.6. The summed E-state index contributed by atoms with van der Waals surface area (Å²) in [4.78, 5) is 4.34. The van der Waals surface area contributed by atoms with Crippen LogP contribution in [0.2, 0.25) is 0 Å². The fourth-order valence-corrected chi connectivity index (χ4v) is 4.53. The molecule has 0 amide bonds. The number of fused-ring (bicyclic) bond motifs is 1. The van der Waals surface area contributed by atoms with Gasteiger partial charge in [-0.3, -0.25) is 4.98 Å². The highest BCUT2D eigenvalue weighted by atomic mass is 32.2. The first-order chi connectivity index (χ1) is 15.1. The Kier molecular flexibility index (Phi) is 5.54. The molecule has 3 aromatic carbocycles. The Morgan fingerprint density at radius 2 is 1.50 bits per heavy atom. The monoisotopic (exact) mass is 455 g/mol. The van der Waals surface area contributed by atoms with Crippen LogP contribution in [-0.2, 0) is 22.4 Å². The van der Waals surface area contributed by atoms with E-state index in [1.54, 1.807) is 24.3 Å². The van der Waals surface area contributed by atoms with Crippen LogP contribution in [0.1, 0.15) is 18.1 Å². The molecule has 1 heterocycles. The lowest BCUT2D eigenvalue weighted by Gasteiger charge is -2.16. The van der Waals surface area contributed by atoms with Crippen molar-refractivity contribution in [2.45, 2.75) is 24.4 Å². The number of aryl methyl sites for hydroxylation is 1. The third-order valence-electron chi connectivity index (χ3n) is 5.41. The van der Waals surface area contributed by atoms with E-state index in [1.165, 1.54) is 18.3 Å². The highest BCUT2D eigenvalue weighted by molar-refractivity contribution is 7.90. The molecule has 1 aromatic heterocycles. The average molecular weight is 456 g/mol. The van der Waals surface area contributed by atoms with Crippen LogP contribution in [0.3, 0.4) is 0 Å². The van der Waals surface area contributed by atoms with E-state index in [2.05, 4.69) is 4.98 Å². The van der Waals surface area contributed by atoms with Crippen LogP contribution in [0.4, 0.5) is 13.2 Å². The summed E-state index contributed by atoms with van der Waals surface area (Å²) >= 11 is 0. The van der Waals surface area contributed by atoms with Crippen LogP contribution in [0.25, 0.3) is 33.2 Å². The minimum absolute atomic E-state index is 0.0864. The zero-order chi connectivity index (χ0) is 23.1. The van der Waals surface area contributed by atoms with Gasteiger partial charge in [0.05, 0.1) is 16.0 Å². The third kappa shape index (κ3) is 4.12. The van der Waals surface area contributed by atoms with E-state index in [9.17, 15) is 21.6 Å². The van der Waals surface area contributed by atoms with Crippen LogP contribution < -0.4 is 0 Å². The number of sulfone groups is 1. The Morgan fingerprint density at radius 1 is 0.875 bits per heavy atom. The molecule has 0 unspecified atom stereocenters. The summed E-state index contributed by atoms with van der Waals surface area (Å²) in [7, 11) is -3.37. The number of hydrogen-bond donors (Lipinski definition) is 0. The van der Waals surface area contributed by atoms with Crippen molar-refractivity contribution in [3.63, 3.8) is 0 Å². The number of alkyl halides is 3. The average Bonchev–Trinajstić information content (AvgIpc) is 2.76. The molecule has 164 valence electrons. The summed E-state index contributed by atoms with van der Waals surface area (Å²) in [5.41, 5.74) is 2.90. The summed E-state index contributed by atoms with van der Waals surface area (Å²) in [6.45, 7) is 1.93. The van der Waals surface area contributed by atoms with Gasteiger partial charge >= 0.3 is 6.18 Å². The second-order valence-corrected chi connectivity index (χ2v) is 9.61. The van der Waals surface area contributed by atoms with Gasteiger partial charge in [-0.2, -0.15) is 13.2 Å². The summed E-state index contributed by atoms with van der Waals surface area (Å²) < 4.78 is 64.6. The highest BCUT2D eigenvalue weighted by Gasteiger charge is 2.33. The molecule has 7 heteroatoms. The number of benzene rings is 3. The standard InChI is InChI=1S/C25H20F3NO2S/c1-3-16-15-29-24-21(11-6-12-22(24)25(26,27)28)23(16)19-9-4-7-17(13-19)18-8-5-10-20(14-18)32(2,30)31/h4-15H,3H2,1-2H3. The third-order valence-corrected chi connectivity index (χ3v) is 6.52. The Bertz CT molecular complexity index is 1430. The molecule has 0 N–H and O–H groups in total. The lowest BCUT2D eigenvalue weighted by atomic mass is 9.92. The van der Waals surface area contributed by atoms with Crippen molar-refractivity contribution in [1.29, 1.82) is 0 Å². The minimum Gasteiger partial charge on any atom is -0.255 e. The number of para-hydroxylation sites is 1. The lowest BCUT2D eigenvalue weighted by molar-refractivity contribution is -0.136. The molecule has 0 aliphatic heterocycles. The smallest absolute Gasteiger partial charge is 0.255 e. The van der Waals surface area contributed by atoms with Crippen LogP contribution in [0, 0.1) is 0 Å². The van der Waals surface area contributed by atoms with E-state index < -0.39 is 21.6 Å². The fraction of sp³-hybridized carbons (Fsp3) is 0.160. The molecule has 0 atom stereocenters. The molecule has 3 nitrogen and oxygen atoms in total. The maximum Gasteiger partial charge on any atom is 0.418 e. The number of hydrogen-bond acceptors (Lipinski definition) is 3. The molecule has 0 saturated heterocycles. The number of pyridine rings is 1. The molecule has 32 heavy (non-hydrogen) atoms. The SMILES string of the molecule is CCc1cnc2c(C(F)(F)F)cccc2c1-c1cccc(-c2cccc(S(C)(=O)=O)c2)c1. The number of halogens is 3. The van der Waals surface area contributed by atoms with Crippen molar-refractivity contribution in [2.24, 2.45) is 0 Å². The van der Waals surface area contributed by atoms with Crippen molar-refractivity contribution in [3.8, 4) is 22.3 Å². The zero-order valence-corrected chi connectivity index (χ0v) is 18.3. The summed E-state index contributed by atoms with van der Waals surface area (Å²) in [6.07, 6.45) is -1.25. The Labute approximate surface area is 184 Å². The van der Waals surface area contributed by atoms with Crippen LogP contribution >= 0.6 is 0 Å². The predicted molar refractivity (Wildman–Crippen MR) is 120 cm³/mol. The first kappa shape index (κ1) is 22.0. The van der Waals surface area contributed by atoms with Crippen LogP contribution in [-0.4, -0.2) is 19.7 Å². The van der Waals surface area contributed by atoms with Gasteiger partial charge in [0.2, 0.25) is 0 Å². The van der Waals surface area contributed by atoms with E-state index in [4.69, 9.17) is 0 Å². The van der Waals surface area contributed by atoms with Gasteiger partial charge in [-0.25, -0.2) is 8.42 Å². The van der Waals surface area contributed by atoms with Crippen molar-refractivity contribution in [3.05, 3.63) is 84.1 Å². The van der Waals surface area contributed by atoms with Crippen molar-refractivity contribution < 1.29 is 21.6 Å². The van der Waals surface area contributed by atoms with E-state index >= 15 is 0 Å². The Balaban J connectivity index is 1.95. The fourth-order valence-electron chi connectivity index (χ4n) is 3.86. The second kappa shape index (κ2) is 8.06. The maximum absolute atomic E-state index is 13.6. The predicted octanol–water partition coefficient (Wildman–Crippen LogP) is 6.55. The lowest BCUT2D eigenvalue weighted by Crippen LogP contribution is -2.07. The van der Waals surface area contributed by atoms with Gasteiger partial charge < -0.3 is 0 Å². The number of nitrogens with zero attached hydrogens (tertiary/aromatic N) is 1. The van der Waals surface area contributed by atoms with Gasteiger partial charge in [0, 0.05) is 17.8 Å². The van der Waals surface area contributed by atoms with Crippen molar-refractivity contribution >= 4 is 20.7 Å². The molecule has 0 fully saturated rings. The largest absolute Gasteiger partial charge is 0.418 e. The second-order valence-electron chi connectivity index (χ2n) is 7.59. The molecule has 4 aromatic rings. The van der Waals surface area contributed by atoms with Crippen molar-refractivity contribution in [2.75, 3.05) is 6.26 Å². The van der Waals surface area contributed by atoms with Crippen LogP contribution in [0.5, 0.6) is 0 Å². The molecular weight excluding hydrogens is 435 g/mol. The topological polar surface area (TPSA) is 47.0 Å². The number of aromatic nitrogens is 1. The van der Waals surface area contributed by atoms with Crippen LogP contribution in [0.15, 0.2) is 77.8 Å². The summed E-state index contributed by atoms with van der Waals surface area (Å²) in [5, 5.41) is 0.432. The molecule has 0 aliphatic carbocycles. The first-order valence-electron chi connectivity index (χ1n) is 9.98. The minimum atomic E-state index is -4.51. The molecule has 0 aliphatic rings. The Hall–Kier alpha value is -3.19.